The van der Waals surface area contributed by atoms with Gasteiger partial charge < -0.3 is 10.1 Å². The molecule has 23 heavy (non-hydrogen) atoms. The van der Waals surface area contributed by atoms with Gasteiger partial charge in [0.1, 0.15) is 15.4 Å². The van der Waals surface area contributed by atoms with E-state index in [2.05, 4.69) is 15.3 Å². The van der Waals surface area contributed by atoms with Gasteiger partial charge in [-0.15, -0.1) is 11.3 Å². The summed E-state index contributed by atoms with van der Waals surface area (Å²) < 4.78 is 4.97. The number of ether oxygens (including phenoxy) is 1. The monoisotopic (exact) mass is 333 g/mol. The molecular weight excluding hydrogens is 314 g/mol. The first kappa shape index (κ1) is 17.1. The second-order valence-corrected chi connectivity index (χ2v) is 6.45. The third kappa shape index (κ3) is 3.92. The van der Waals surface area contributed by atoms with Crippen molar-refractivity contribution in [1.82, 2.24) is 15.3 Å². The van der Waals surface area contributed by atoms with Crippen molar-refractivity contribution in [1.29, 1.82) is 0 Å². The molecule has 0 aliphatic rings. The molecule has 0 saturated carbocycles. The zero-order valence-corrected chi connectivity index (χ0v) is 14.4. The van der Waals surface area contributed by atoms with Gasteiger partial charge in [0.25, 0.3) is 5.91 Å². The SMILES string of the molecule is CCOC(=O)C(C)(C)NC(=O)c1sc(-c2ccccn2)nc1C. The summed E-state index contributed by atoms with van der Waals surface area (Å²) in [6.45, 7) is 6.97. The number of rotatable bonds is 5. The summed E-state index contributed by atoms with van der Waals surface area (Å²) >= 11 is 1.25. The highest BCUT2D eigenvalue weighted by Crippen LogP contribution is 2.26. The number of amides is 1. The molecule has 0 bridgehead atoms. The van der Waals surface area contributed by atoms with Gasteiger partial charge in [-0.05, 0) is 39.8 Å². The maximum absolute atomic E-state index is 12.5. The first-order chi connectivity index (χ1) is 10.8. The van der Waals surface area contributed by atoms with Crippen LogP contribution in [0.3, 0.4) is 0 Å². The van der Waals surface area contributed by atoms with Gasteiger partial charge in [-0.2, -0.15) is 0 Å². The number of hydrogen-bond acceptors (Lipinski definition) is 6. The predicted molar refractivity (Wildman–Crippen MR) is 88.3 cm³/mol. The number of nitrogens with one attached hydrogen (secondary N) is 1. The molecule has 2 aromatic heterocycles. The van der Waals surface area contributed by atoms with Gasteiger partial charge in [0, 0.05) is 6.20 Å². The van der Waals surface area contributed by atoms with Crippen molar-refractivity contribution in [3.05, 3.63) is 35.0 Å². The summed E-state index contributed by atoms with van der Waals surface area (Å²) in [5.41, 5.74) is 0.214. The van der Waals surface area contributed by atoms with Gasteiger partial charge in [-0.3, -0.25) is 9.78 Å². The Hall–Kier alpha value is -2.28. The third-order valence-electron chi connectivity index (χ3n) is 3.10. The van der Waals surface area contributed by atoms with Gasteiger partial charge in [-0.25, -0.2) is 9.78 Å². The van der Waals surface area contributed by atoms with E-state index in [-0.39, 0.29) is 12.5 Å². The van der Waals surface area contributed by atoms with Crippen LogP contribution in [0.25, 0.3) is 10.7 Å². The highest BCUT2D eigenvalue weighted by molar-refractivity contribution is 7.17. The van der Waals surface area contributed by atoms with Crippen LogP contribution in [0.4, 0.5) is 0 Å². The Morgan fingerprint density at radius 3 is 2.70 bits per heavy atom. The van der Waals surface area contributed by atoms with Gasteiger partial charge in [0.05, 0.1) is 18.0 Å². The minimum absolute atomic E-state index is 0.265. The summed E-state index contributed by atoms with van der Waals surface area (Å²) in [7, 11) is 0. The first-order valence-electron chi connectivity index (χ1n) is 7.23. The van der Waals surface area contributed by atoms with Crippen molar-refractivity contribution >= 4 is 23.2 Å². The van der Waals surface area contributed by atoms with E-state index in [0.717, 1.165) is 0 Å². The molecule has 0 spiro atoms. The fourth-order valence-corrected chi connectivity index (χ4v) is 2.85. The molecule has 7 heteroatoms. The van der Waals surface area contributed by atoms with Crippen molar-refractivity contribution in [3.8, 4) is 10.7 Å². The number of thiazole rings is 1. The van der Waals surface area contributed by atoms with Crippen LogP contribution in [0.5, 0.6) is 0 Å². The van der Waals surface area contributed by atoms with Crippen LogP contribution >= 0.6 is 11.3 Å². The number of esters is 1. The number of aryl methyl sites for hydroxylation is 1. The van der Waals surface area contributed by atoms with E-state index in [9.17, 15) is 9.59 Å². The standard InChI is InChI=1S/C16H19N3O3S/c1-5-22-15(21)16(3,4)19-13(20)12-10(2)18-14(23-12)11-8-6-7-9-17-11/h6-9H,5H2,1-4H3,(H,19,20). The minimum atomic E-state index is -1.10. The van der Waals surface area contributed by atoms with E-state index in [1.54, 1.807) is 33.9 Å². The quantitative estimate of drug-likeness (QED) is 0.851. The van der Waals surface area contributed by atoms with E-state index in [1.807, 2.05) is 18.2 Å². The Bertz CT molecular complexity index is 711. The van der Waals surface area contributed by atoms with E-state index in [1.165, 1.54) is 11.3 Å². The molecule has 0 fully saturated rings. The van der Waals surface area contributed by atoms with Crippen molar-refractivity contribution in [3.63, 3.8) is 0 Å². The Balaban J connectivity index is 2.21. The molecule has 0 aliphatic carbocycles. The summed E-state index contributed by atoms with van der Waals surface area (Å²) in [5, 5.41) is 3.37. The van der Waals surface area contributed by atoms with Gasteiger partial charge in [-0.1, -0.05) is 6.07 Å². The van der Waals surface area contributed by atoms with Gasteiger partial charge in [0.2, 0.25) is 0 Å². The van der Waals surface area contributed by atoms with Crippen LogP contribution in [0.2, 0.25) is 0 Å². The molecule has 6 nitrogen and oxygen atoms in total. The number of aromatic nitrogens is 2. The highest BCUT2D eigenvalue weighted by Gasteiger charge is 2.32. The average Bonchev–Trinajstić information content (AvgIpc) is 2.90. The van der Waals surface area contributed by atoms with Crippen LogP contribution in [-0.2, 0) is 9.53 Å². The molecule has 2 aromatic rings. The molecule has 0 atom stereocenters. The summed E-state index contributed by atoms with van der Waals surface area (Å²) in [5.74, 6) is -0.819. The number of hydrogen-bond donors (Lipinski definition) is 1. The lowest BCUT2D eigenvalue weighted by atomic mass is 10.1. The second kappa shape index (κ2) is 6.87. The van der Waals surface area contributed by atoms with Crippen LogP contribution in [0.15, 0.2) is 24.4 Å². The lowest BCUT2D eigenvalue weighted by molar-refractivity contribution is -0.149. The zero-order valence-electron chi connectivity index (χ0n) is 13.5. The van der Waals surface area contributed by atoms with E-state index < -0.39 is 11.5 Å². The minimum Gasteiger partial charge on any atom is -0.464 e. The molecule has 122 valence electrons. The first-order valence-corrected chi connectivity index (χ1v) is 8.05. The lowest BCUT2D eigenvalue weighted by Gasteiger charge is -2.23. The Morgan fingerprint density at radius 1 is 1.35 bits per heavy atom. The molecule has 2 heterocycles. The number of pyridine rings is 1. The molecule has 1 N–H and O–H groups in total. The van der Waals surface area contributed by atoms with E-state index in [4.69, 9.17) is 4.74 Å². The number of carbonyl (C=O) groups is 2. The number of carbonyl (C=O) groups excluding carboxylic acids is 2. The molecule has 0 aromatic carbocycles. The lowest BCUT2D eigenvalue weighted by Crippen LogP contribution is -2.50. The fourth-order valence-electron chi connectivity index (χ4n) is 1.91. The molecular formula is C16H19N3O3S. The molecule has 0 unspecified atom stereocenters. The summed E-state index contributed by atoms with van der Waals surface area (Å²) in [4.78, 5) is 33.4. The number of nitrogens with zero attached hydrogens (tertiary/aromatic N) is 2. The smallest absolute Gasteiger partial charge is 0.331 e. The largest absolute Gasteiger partial charge is 0.464 e. The average molecular weight is 333 g/mol. The van der Waals surface area contributed by atoms with Crippen molar-refractivity contribution in [2.45, 2.75) is 33.2 Å². The Morgan fingerprint density at radius 2 is 2.09 bits per heavy atom. The van der Waals surface area contributed by atoms with Crippen molar-refractivity contribution < 1.29 is 14.3 Å². The van der Waals surface area contributed by atoms with Gasteiger partial charge >= 0.3 is 5.97 Å². The third-order valence-corrected chi connectivity index (χ3v) is 4.28. The zero-order chi connectivity index (χ0) is 17.0. The Labute approximate surface area is 138 Å². The predicted octanol–water partition coefficient (Wildman–Crippen LogP) is 2.59. The van der Waals surface area contributed by atoms with E-state index in [0.29, 0.717) is 21.3 Å². The molecule has 0 saturated heterocycles. The second-order valence-electron chi connectivity index (χ2n) is 5.45. The maximum atomic E-state index is 12.5. The molecule has 1 amide bonds. The van der Waals surface area contributed by atoms with Gasteiger partial charge in [0.15, 0.2) is 0 Å². The molecule has 0 radical (unpaired) electrons. The normalized spacial score (nSPS) is 11.1. The topological polar surface area (TPSA) is 81.2 Å². The molecule has 0 aliphatic heterocycles. The highest BCUT2D eigenvalue weighted by atomic mass is 32.1. The van der Waals surface area contributed by atoms with E-state index >= 15 is 0 Å². The maximum Gasteiger partial charge on any atom is 0.331 e. The van der Waals surface area contributed by atoms with Crippen molar-refractivity contribution in [2.24, 2.45) is 0 Å². The van der Waals surface area contributed by atoms with Crippen LogP contribution < -0.4 is 5.32 Å². The Kier molecular flexibility index (Phi) is 5.10. The summed E-state index contributed by atoms with van der Waals surface area (Å²) in [6.07, 6.45) is 1.68. The summed E-state index contributed by atoms with van der Waals surface area (Å²) in [6, 6.07) is 5.52. The molecule has 2 rings (SSSR count). The fraction of sp³-hybridized carbons (Fsp3) is 0.375. The van der Waals surface area contributed by atoms with Crippen LogP contribution in [-0.4, -0.2) is 34.0 Å². The van der Waals surface area contributed by atoms with Crippen molar-refractivity contribution in [2.75, 3.05) is 6.61 Å². The van der Waals surface area contributed by atoms with Crippen LogP contribution in [0, 0.1) is 6.92 Å². The van der Waals surface area contributed by atoms with Crippen LogP contribution in [0.1, 0.15) is 36.1 Å².